The fraction of sp³-hybridized carbons (Fsp3) is 0.273. The van der Waals surface area contributed by atoms with Crippen molar-refractivity contribution in [2.24, 2.45) is 5.10 Å². The van der Waals surface area contributed by atoms with Gasteiger partial charge in [-0.05, 0) is 26.0 Å². The lowest BCUT2D eigenvalue weighted by Crippen LogP contribution is -2.20. The van der Waals surface area contributed by atoms with Gasteiger partial charge in [-0.2, -0.15) is 5.10 Å². The summed E-state index contributed by atoms with van der Waals surface area (Å²) in [7, 11) is 0. The van der Waals surface area contributed by atoms with Crippen molar-refractivity contribution < 1.29 is 9.53 Å². The molecular weight excluding hydrogens is 263 g/mol. The molecule has 0 spiro atoms. The molecule has 1 N–H and O–H groups in total. The van der Waals surface area contributed by atoms with E-state index in [2.05, 4.69) is 15.3 Å². The van der Waals surface area contributed by atoms with E-state index in [1.807, 2.05) is 0 Å². The molecule has 0 fully saturated rings. The van der Waals surface area contributed by atoms with Crippen molar-refractivity contribution in [3.8, 4) is 0 Å². The van der Waals surface area contributed by atoms with Crippen molar-refractivity contribution in [1.29, 1.82) is 0 Å². The van der Waals surface area contributed by atoms with Gasteiger partial charge < -0.3 is 4.74 Å². The van der Waals surface area contributed by atoms with Crippen molar-refractivity contribution in [1.82, 2.24) is 5.43 Å². The lowest BCUT2D eigenvalue weighted by atomic mass is 10.1. The van der Waals surface area contributed by atoms with E-state index < -0.39 is 6.09 Å². The van der Waals surface area contributed by atoms with Gasteiger partial charge in [0.2, 0.25) is 0 Å². The Balaban J connectivity index is 2.78. The highest BCUT2D eigenvalue weighted by atomic mass is 35.5. The second kappa shape index (κ2) is 6.47. The number of nitrogens with one attached hydrogen (secondary N) is 1. The average Bonchev–Trinajstić information content (AvgIpc) is 2.26. The Bertz CT molecular complexity index is 447. The highest BCUT2D eigenvalue weighted by Gasteiger charge is 2.05. The maximum atomic E-state index is 11.0. The van der Waals surface area contributed by atoms with Crippen LogP contribution >= 0.6 is 23.2 Å². The van der Waals surface area contributed by atoms with E-state index in [1.165, 1.54) is 0 Å². The largest absolute Gasteiger partial charge is 0.449 e. The first-order valence-corrected chi connectivity index (χ1v) is 5.72. The number of amides is 1. The maximum absolute atomic E-state index is 11.0. The first-order chi connectivity index (χ1) is 8.04. The quantitative estimate of drug-likeness (QED) is 0.678. The van der Waals surface area contributed by atoms with Gasteiger partial charge in [0, 0.05) is 10.6 Å². The number of carbonyl (C=O) groups is 1. The lowest BCUT2D eigenvalue weighted by Gasteiger charge is -2.05. The molecule has 0 unspecified atom stereocenters. The molecule has 0 atom stereocenters. The van der Waals surface area contributed by atoms with Crippen LogP contribution in [-0.2, 0) is 4.74 Å². The number of halogens is 2. The molecule has 6 heteroatoms. The van der Waals surface area contributed by atoms with Crippen LogP contribution in [0.2, 0.25) is 10.0 Å². The number of rotatable bonds is 3. The van der Waals surface area contributed by atoms with E-state index in [4.69, 9.17) is 23.2 Å². The average molecular weight is 275 g/mol. The van der Waals surface area contributed by atoms with Gasteiger partial charge in [0.1, 0.15) is 0 Å². The van der Waals surface area contributed by atoms with Gasteiger partial charge in [-0.15, -0.1) is 0 Å². The Morgan fingerprint density at radius 3 is 2.76 bits per heavy atom. The molecule has 1 rings (SSSR count). The van der Waals surface area contributed by atoms with Crippen LogP contribution in [0.25, 0.3) is 0 Å². The predicted molar refractivity (Wildman–Crippen MR) is 68.8 cm³/mol. The minimum Gasteiger partial charge on any atom is -0.449 e. The van der Waals surface area contributed by atoms with Crippen LogP contribution in [0.15, 0.2) is 23.3 Å². The summed E-state index contributed by atoms with van der Waals surface area (Å²) < 4.78 is 4.67. The van der Waals surface area contributed by atoms with E-state index in [-0.39, 0.29) is 0 Å². The van der Waals surface area contributed by atoms with E-state index in [1.54, 1.807) is 32.0 Å². The van der Waals surface area contributed by atoms with Gasteiger partial charge in [-0.25, -0.2) is 10.2 Å². The topological polar surface area (TPSA) is 50.7 Å². The van der Waals surface area contributed by atoms with Gasteiger partial charge in [-0.3, -0.25) is 0 Å². The molecule has 0 aliphatic rings. The van der Waals surface area contributed by atoms with E-state index in [0.29, 0.717) is 27.9 Å². The van der Waals surface area contributed by atoms with Crippen molar-refractivity contribution in [2.75, 3.05) is 6.61 Å². The van der Waals surface area contributed by atoms with Gasteiger partial charge in [0.25, 0.3) is 0 Å². The normalized spacial score (nSPS) is 11.2. The number of nitrogens with zero attached hydrogens (tertiary/aromatic N) is 1. The van der Waals surface area contributed by atoms with Crippen LogP contribution in [-0.4, -0.2) is 18.4 Å². The zero-order valence-electron chi connectivity index (χ0n) is 9.46. The fourth-order valence-corrected chi connectivity index (χ4v) is 1.68. The first-order valence-electron chi connectivity index (χ1n) is 4.97. The smallest absolute Gasteiger partial charge is 0.427 e. The summed E-state index contributed by atoms with van der Waals surface area (Å²) in [6.07, 6.45) is -0.600. The first kappa shape index (κ1) is 13.8. The number of hydrogen-bond donors (Lipinski definition) is 1. The van der Waals surface area contributed by atoms with Crippen LogP contribution in [0.3, 0.4) is 0 Å². The summed E-state index contributed by atoms with van der Waals surface area (Å²) in [4.78, 5) is 11.0. The van der Waals surface area contributed by atoms with Crippen LogP contribution in [0.1, 0.15) is 19.4 Å². The molecule has 0 aromatic heterocycles. The summed E-state index contributed by atoms with van der Waals surface area (Å²) in [6.45, 7) is 3.73. The Morgan fingerprint density at radius 2 is 2.18 bits per heavy atom. The Labute approximate surface area is 110 Å². The highest BCUT2D eigenvalue weighted by molar-refractivity contribution is 6.37. The third-order valence-electron chi connectivity index (χ3n) is 1.91. The molecule has 4 nitrogen and oxygen atoms in total. The Morgan fingerprint density at radius 1 is 1.47 bits per heavy atom. The van der Waals surface area contributed by atoms with Crippen LogP contribution in [0.5, 0.6) is 0 Å². The van der Waals surface area contributed by atoms with Gasteiger partial charge >= 0.3 is 6.09 Å². The third-order valence-corrected chi connectivity index (χ3v) is 2.46. The van der Waals surface area contributed by atoms with Gasteiger partial charge in [0.15, 0.2) is 0 Å². The second-order valence-electron chi connectivity index (χ2n) is 3.15. The van der Waals surface area contributed by atoms with Gasteiger partial charge in [0.05, 0.1) is 17.3 Å². The summed E-state index contributed by atoms with van der Waals surface area (Å²) in [5, 5.41) is 4.89. The summed E-state index contributed by atoms with van der Waals surface area (Å²) >= 11 is 11.8. The maximum Gasteiger partial charge on any atom is 0.427 e. The summed E-state index contributed by atoms with van der Waals surface area (Å²) in [6, 6.07) is 5.05. The Hall–Kier alpha value is -1.26. The SMILES string of the molecule is CCOC(=O)N/N=C(\C)c1ccc(Cl)cc1Cl. The zero-order valence-corrected chi connectivity index (χ0v) is 11.0. The molecule has 92 valence electrons. The molecule has 0 radical (unpaired) electrons. The van der Waals surface area contributed by atoms with Gasteiger partial charge in [-0.1, -0.05) is 29.3 Å². The zero-order chi connectivity index (χ0) is 12.8. The third kappa shape index (κ3) is 4.24. The predicted octanol–water partition coefficient (Wildman–Crippen LogP) is 3.46. The van der Waals surface area contributed by atoms with Crippen molar-refractivity contribution in [3.63, 3.8) is 0 Å². The Kier molecular flexibility index (Phi) is 5.25. The lowest BCUT2D eigenvalue weighted by molar-refractivity contribution is 0.152. The molecule has 1 amide bonds. The number of hydrogen-bond acceptors (Lipinski definition) is 3. The molecule has 1 aromatic carbocycles. The van der Waals surface area contributed by atoms with E-state index in [0.717, 1.165) is 0 Å². The second-order valence-corrected chi connectivity index (χ2v) is 4.00. The van der Waals surface area contributed by atoms with E-state index >= 15 is 0 Å². The molecule has 0 saturated heterocycles. The molecule has 0 heterocycles. The minimum absolute atomic E-state index is 0.294. The van der Waals surface area contributed by atoms with Crippen LogP contribution in [0.4, 0.5) is 4.79 Å². The van der Waals surface area contributed by atoms with Crippen molar-refractivity contribution >= 4 is 35.0 Å². The highest BCUT2D eigenvalue weighted by Crippen LogP contribution is 2.21. The molecule has 0 aliphatic carbocycles. The number of hydrazone groups is 1. The van der Waals surface area contributed by atoms with Crippen LogP contribution in [0, 0.1) is 0 Å². The number of carbonyl (C=O) groups excluding carboxylic acids is 1. The monoisotopic (exact) mass is 274 g/mol. The van der Waals surface area contributed by atoms with Crippen molar-refractivity contribution in [2.45, 2.75) is 13.8 Å². The number of benzene rings is 1. The molecule has 17 heavy (non-hydrogen) atoms. The molecule has 0 bridgehead atoms. The van der Waals surface area contributed by atoms with Crippen molar-refractivity contribution in [3.05, 3.63) is 33.8 Å². The molecule has 0 saturated carbocycles. The molecular formula is C11H12Cl2N2O2. The minimum atomic E-state index is -0.600. The summed E-state index contributed by atoms with van der Waals surface area (Å²) in [5.74, 6) is 0. The number of ether oxygens (including phenoxy) is 1. The standard InChI is InChI=1S/C11H12Cl2N2O2/c1-3-17-11(16)15-14-7(2)9-5-4-8(12)6-10(9)13/h4-6H,3H2,1-2H3,(H,15,16)/b14-7+. The summed E-state index contributed by atoms with van der Waals surface area (Å²) in [5.41, 5.74) is 3.53. The fourth-order valence-electron chi connectivity index (χ4n) is 1.14. The van der Waals surface area contributed by atoms with Crippen LogP contribution < -0.4 is 5.43 Å². The van der Waals surface area contributed by atoms with E-state index in [9.17, 15) is 4.79 Å². The molecule has 1 aromatic rings. The molecule has 0 aliphatic heterocycles.